The zero-order valence-electron chi connectivity index (χ0n) is 17.4. The summed E-state index contributed by atoms with van der Waals surface area (Å²) in [5.41, 5.74) is 1.91. The highest BCUT2D eigenvalue weighted by Gasteiger charge is 2.14. The van der Waals surface area contributed by atoms with Crippen LogP contribution in [0.5, 0.6) is 11.5 Å². The highest BCUT2D eigenvalue weighted by molar-refractivity contribution is 7.99. The lowest BCUT2D eigenvalue weighted by molar-refractivity contribution is -0.113. The van der Waals surface area contributed by atoms with E-state index in [4.69, 9.17) is 9.47 Å². The average Bonchev–Trinajstić information content (AvgIpc) is 3.15. The Kier molecular flexibility index (Phi) is 7.73. The number of rotatable bonds is 10. The third-order valence-electron chi connectivity index (χ3n) is 4.28. The van der Waals surface area contributed by atoms with Crippen LogP contribution in [0.4, 0.5) is 5.69 Å². The van der Waals surface area contributed by atoms with Crippen LogP contribution in [0.25, 0.3) is 0 Å². The Balaban J connectivity index is 1.53. The summed E-state index contributed by atoms with van der Waals surface area (Å²) in [6.45, 7) is 7.61. The van der Waals surface area contributed by atoms with Crippen molar-refractivity contribution < 1.29 is 14.3 Å². The largest absolute Gasteiger partial charge is 0.494 e. The summed E-state index contributed by atoms with van der Waals surface area (Å²) in [6, 6.07) is 15.2. The zero-order chi connectivity index (χ0) is 21.3. The number of aryl methyl sites for hydroxylation is 1. The number of nitrogens with zero attached hydrogens (tertiary/aromatic N) is 3. The van der Waals surface area contributed by atoms with Gasteiger partial charge >= 0.3 is 0 Å². The van der Waals surface area contributed by atoms with Gasteiger partial charge in [-0.05, 0) is 57.2 Å². The van der Waals surface area contributed by atoms with Gasteiger partial charge in [-0.15, -0.1) is 10.2 Å². The van der Waals surface area contributed by atoms with Gasteiger partial charge in [-0.1, -0.05) is 29.5 Å². The summed E-state index contributed by atoms with van der Waals surface area (Å²) in [7, 11) is 0. The Labute approximate surface area is 180 Å². The van der Waals surface area contributed by atoms with E-state index in [0.717, 1.165) is 23.0 Å². The number of carbonyl (C=O) groups is 1. The Morgan fingerprint density at radius 1 is 1.00 bits per heavy atom. The maximum absolute atomic E-state index is 12.3. The second-order valence-corrected chi connectivity index (χ2v) is 7.48. The van der Waals surface area contributed by atoms with E-state index < -0.39 is 0 Å². The molecule has 2 aromatic carbocycles. The molecular weight excluding hydrogens is 400 g/mol. The summed E-state index contributed by atoms with van der Waals surface area (Å²) in [5, 5.41) is 12.0. The van der Waals surface area contributed by atoms with E-state index >= 15 is 0 Å². The fraction of sp³-hybridized carbons (Fsp3) is 0.318. The Bertz CT molecular complexity index is 956. The first-order valence-electron chi connectivity index (χ1n) is 9.86. The summed E-state index contributed by atoms with van der Waals surface area (Å²) < 4.78 is 13.2. The summed E-state index contributed by atoms with van der Waals surface area (Å²) in [4.78, 5) is 12.3. The SMILES string of the molecule is CCOc1ccc(NC(=O)CSc2nnc(COc3ccc(C)cc3)n2CC)cc1. The number of hydrogen-bond donors (Lipinski definition) is 1. The van der Waals surface area contributed by atoms with Crippen LogP contribution in [0.2, 0.25) is 0 Å². The molecule has 1 aromatic heterocycles. The van der Waals surface area contributed by atoms with Gasteiger partial charge in [0.05, 0.1) is 12.4 Å². The molecule has 0 fully saturated rings. The number of carbonyl (C=O) groups excluding carboxylic acids is 1. The first-order chi connectivity index (χ1) is 14.6. The number of hydrogen-bond acceptors (Lipinski definition) is 6. The van der Waals surface area contributed by atoms with Crippen molar-refractivity contribution in [2.45, 2.75) is 39.1 Å². The molecule has 0 spiro atoms. The molecule has 1 N–H and O–H groups in total. The lowest BCUT2D eigenvalue weighted by atomic mass is 10.2. The summed E-state index contributed by atoms with van der Waals surface area (Å²) in [6.07, 6.45) is 0. The fourth-order valence-corrected chi connectivity index (χ4v) is 3.58. The highest BCUT2D eigenvalue weighted by atomic mass is 32.2. The van der Waals surface area contributed by atoms with Crippen molar-refractivity contribution in [3.05, 3.63) is 59.9 Å². The van der Waals surface area contributed by atoms with Gasteiger partial charge in [-0.2, -0.15) is 0 Å². The van der Waals surface area contributed by atoms with Crippen molar-refractivity contribution >= 4 is 23.4 Å². The first-order valence-corrected chi connectivity index (χ1v) is 10.8. The van der Waals surface area contributed by atoms with Crippen molar-refractivity contribution in [2.75, 3.05) is 17.7 Å². The van der Waals surface area contributed by atoms with Gasteiger partial charge in [0.2, 0.25) is 5.91 Å². The van der Waals surface area contributed by atoms with Crippen LogP contribution in [0.1, 0.15) is 25.2 Å². The van der Waals surface area contributed by atoms with Gasteiger partial charge in [-0.3, -0.25) is 4.79 Å². The molecule has 0 aliphatic heterocycles. The van der Waals surface area contributed by atoms with E-state index in [1.54, 1.807) is 0 Å². The zero-order valence-corrected chi connectivity index (χ0v) is 18.2. The Morgan fingerprint density at radius 3 is 2.33 bits per heavy atom. The molecule has 1 heterocycles. The molecule has 3 rings (SSSR count). The number of amides is 1. The van der Waals surface area contributed by atoms with E-state index in [-0.39, 0.29) is 11.7 Å². The van der Waals surface area contributed by atoms with Crippen molar-refractivity contribution in [1.82, 2.24) is 14.8 Å². The second kappa shape index (κ2) is 10.7. The number of ether oxygens (including phenoxy) is 2. The molecule has 158 valence electrons. The molecule has 0 unspecified atom stereocenters. The number of benzene rings is 2. The molecule has 1 amide bonds. The van der Waals surface area contributed by atoms with Gasteiger partial charge < -0.3 is 19.4 Å². The summed E-state index contributed by atoms with van der Waals surface area (Å²) >= 11 is 1.35. The highest BCUT2D eigenvalue weighted by Crippen LogP contribution is 2.20. The normalized spacial score (nSPS) is 10.6. The minimum atomic E-state index is -0.104. The maximum atomic E-state index is 12.3. The molecule has 8 heteroatoms. The number of anilines is 1. The van der Waals surface area contributed by atoms with E-state index in [9.17, 15) is 4.79 Å². The standard InChI is InChI=1S/C22H26N4O3S/c1-4-26-20(14-29-19-10-6-16(3)7-11-19)24-25-22(26)30-15-21(27)23-17-8-12-18(13-9-17)28-5-2/h6-13H,4-5,14-15H2,1-3H3,(H,23,27). The van der Waals surface area contributed by atoms with Crippen LogP contribution in [0, 0.1) is 6.92 Å². The molecule has 0 aliphatic rings. The van der Waals surface area contributed by atoms with Crippen molar-refractivity contribution in [3.63, 3.8) is 0 Å². The van der Waals surface area contributed by atoms with Crippen molar-refractivity contribution in [1.29, 1.82) is 0 Å². The molecule has 7 nitrogen and oxygen atoms in total. The van der Waals surface area contributed by atoms with Crippen LogP contribution in [-0.4, -0.2) is 33.0 Å². The maximum Gasteiger partial charge on any atom is 0.234 e. The third kappa shape index (κ3) is 6.00. The monoisotopic (exact) mass is 426 g/mol. The van der Waals surface area contributed by atoms with Crippen molar-refractivity contribution in [2.24, 2.45) is 0 Å². The number of nitrogens with one attached hydrogen (secondary N) is 1. The molecule has 0 atom stereocenters. The van der Waals surface area contributed by atoms with Gasteiger partial charge in [-0.25, -0.2) is 0 Å². The number of aromatic nitrogens is 3. The van der Waals surface area contributed by atoms with Gasteiger partial charge in [0, 0.05) is 12.2 Å². The van der Waals surface area contributed by atoms with Crippen LogP contribution >= 0.6 is 11.8 Å². The number of thioether (sulfide) groups is 1. The third-order valence-corrected chi connectivity index (χ3v) is 5.25. The second-order valence-electron chi connectivity index (χ2n) is 6.54. The van der Waals surface area contributed by atoms with Gasteiger partial charge in [0.25, 0.3) is 0 Å². The van der Waals surface area contributed by atoms with Crippen LogP contribution in [-0.2, 0) is 17.9 Å². The molecule has 0 radical (unpaired) electrons. The average molecular weight is 427 g/mol. The Hall–Kier alpha value is -3.00. The van der Waals surface area contributed by atoms with E-state index in [1.807, 2.05) is 73.9 Å². The van der Waals surface area contributed by atoms with Crippen LogP contribution in [0.3, 0.4) is 0 Å². The van der Waals surface area contributed by atoms with Gasteiger partial charge in [0.1, 0.15) is 18.1 Å². The predicted molar refractivity (Wildman–Crippen MR) is 118 cm³/mol. The molecule has 0 saturated carbocycles. The lowest BCUT2D eigenvalue weighted by Gasteiger charge is -2.09. The molecule has 0 saturated heterocycles. The van der Waals surface area contributed by atoms with Crippen molar-refractivity contribution in [3.8, 4) is 11.5 Å². The molecule has 30 heavy (non-hydrogen) atoms. The molecule has 0 aliphatic carbocycles. The molecular formula is C22H26N4O3S. The topological polar surface area (TPSA) is 78.3 Å². The Morgan fingerprint density at radius 2 is 1.67 bits per heavy atom. The quantitative estimate of drug-likeness (QED) is 0.487. The van der Waals surface area contributed by atoms with Gasteiger partial charge in [0.15, 0.2) is 11.0 Å². The van der Waals surface area contributed by atoms with Crippen LogP contribution in [0.15, 0.2) is 53.7 Å². The van der Waals surface area contributed by atoms with E-state index in [2.05, 4.69) is 15.5 Å². The smallest absolute Gasteiger partial charge is 0.234 e. The van der Waals surface area contributed by atoms with Crippen LogP contribution < -0.4 is 14.8 Å². The predicted octanol–water partition coefficient (Wildman–Crippen LogP) is 4.31. The van der Waals surface area contributed by atoms with E-state index in [1.165, 1.54) is 17.3 Å². The molecule has 3 aromatic rings. The fourth-order valence-electron chi connectivity index (χ4n) is 2.76. The minimum Gasteiger partial charge on any atom is -0.494 e. The minimum absolute atomic E-state index is 0.104. The van der Waals surface area contributed by atoms with E-state index in [0.29, 0.717) is 24.9 Å². The molecule has 0 bridgehead atoms. The first kappa shape index (κ1) is 21.7. The lowest BCUT2D eigenvalue weighted by Crippen LogP contribution is -2.15. The summed E-state index contributed by atoms with van der Waals surface area (Å²) in [5.74, 6) is 2.43.